The highest BCUT2D eigenvalue weighted by Gasteiger charge is 2.11. The number of ether oxygens (including phenoxy) is 1. The molecule has 6 heteroatoms. The van der Waals surface area contributed by atoms with Gasteiger partial charge in [-0.1, -0.05) is 0 Å². The van der Waals surface area contributed by atoms with Crippen LogP contribution in [0, 0.1) is 11.6 Å². The number of esters is 1. The predicted octanol–water partition coefficient (Wildman–Crippen LogP) is 3.19. The van der Waals surface area contributed by atoms with Crippen LogP contribution in [0.25, 0.3) is 10.6 Å². The highest BCUT2D eigenvalue weighted by Crippen LogP contribution is 2.25. The third kappa shape index (κ3) is 3.35. The van der Waals surface area contributed by atoms with Crippen LogP contribution in [-0.4, -0.2) is 17.6 Å². The lowest BCUT2D eigenvalue weighted by Crippen LogP contribution is -2.07. The molecule has 0 unspecified atom stereocenters. The first-order valence-electron chi connectivity index (χ1n) is 5.65. The quantitative estimate of drug-likeness (QED) is 0.809. The second-order valence-electron chi connectivity index (χ2n) is 3.75. The normalized spacial score (nSPS) is 10.5. The summed E-state index contributed by atoms with van der Waals surface area (Å²) < 4.78 is 30.7. The molecule has 0 atom stereocenters. The molecule has 0 aliphatic heterocycles. The van der Waals surface area contributed by atoms with Crippen molar-refractivity contribution in [1.29, 1.82) is 0 Å². The smallest absolute Gasteiger partial charge is 0.311 e. The van der Waals surface area contributed by atoms with Crippen molar-refractivity contribution >= 4 is 17.3 Å². The molecule has 0 amide bonds. The Morgan fingerprint density at radius 1 is 1.37 bits per heavy atom. The first kappa shape index (κ1) is 13.6. The number of rotatable bonds is 4. The largest absolute Gasteiger partial charge is 0.466 e. The van der Waals surface area contributed by atoms with Crippen LogP contribution >= 0.6 is 11.3 Å². The zero-order valence-corrected chi connectivity index (χ0v) is 11.0. The standard InChI is InChI=1S/C13H11F2NO2S/c1-2-18-12(17)6-9-7-19-13(16-9)8-3-4-10(14)11(15)5-8/h3-5,7H,2,6H2,1H3. The number of hydrogen-bond acceptors (Lipinski definition) is 4. The first-order chi connectivity index (χ1) is 9.10. The maximum Gasteiger partial charge on any atom is 0.311 e. The molecule has 19 heavy (non-hydrogen) atoms. The third-order valence-electron chi connectivity index (χ3n) is 2.35. The van der Waals surface area contributed by atoms with Crippen LogP contribution < -0.4 is 0 Å². The molecule has 0 saturated carbocycles. The Morgan fingerprint density at radius 2 is 2.16 bits per heavy atom. The molecule has 2 aromatic rings. The average Bonchev–Trinajstić information content (AvgIpc) is 2.81. The number of aromatic nitrogens is 1. The van der Waals surface area contributed by atoms with E-state index in [9.17, 15) is 13.6 Å². The summed E-state index contributed by atoms with van der Waals surface area (Å²) >= 11 is 1.27. The van der Waals surface area contributed by atoms with E-state index >= 15 is 0 Å². The van der Waals surface area contributed by atoms with Gasteiger partial charge in [0.2, 0.25) is 0 Å². The predicted molar refractivity (Wildman–Crippen MR) is 67.8 cm³/mol. The molecule has 0 N–H and O–H groups in total. The fourth-order valence-electron chi connectivity index (χ4n) is 1.51. The highest BCUT2D eigenvalue weighted by atomic mass is 32.1. The molecular formula is C13H11F2NO2S. The van der Waals surface area contributed by atoms with Crippen molar-refractivity contribution in [2.45, 2.75) is 13.3 Å². The van der Waals surface area contributed by atoms with Crippen LogP contribution in [0.5, 0.6) is 0 Å². The van der Waals surface area contributed by atoms with Gasteiger partial charge in [-0.25, -0.2) is 13.8 Å². The van der Waals surface area contributed by atoms with Crippen molar-refractivity contribution in [2.24, 2.45) is 0 Å². The molecule has 1 aromatic heterocycles. The summed E-state index contributed by atoms with van der Waals surface area (Å²) in [6, 6.07) is 3.59. The number of hydrogen-bond donors (Lipinski definition) is 0. The van der Waals surface area contributed by atoms with Gasteiger partial charge < -0.3 is 4.74 Å². The minimum Gasteiger partial charge on any atom is -0.466 e. The van der Waals surface area contributed by atoms with Gasteiger partial charge in [0.15, 0.2) is 11.6 Å². The number of benzene rings is 1. The second kappa shape index (κ2) is 5.88. The van der Waals surface area contributed by atoms with E-state index in [0.29, 0.717) is 22.9 Å². The molecule has 0 bridgehead atoms. The Kier molecular flexibility index (Phi) is 4.21. The summed E-state index contributed by atoms with van der Waals surface area (Å²) in [5.74, 6) is -2.17. The molecule has 1 aromatic carbocycles. The van der Waals surface area contributed by atoms with Crippen LogP contribution in [-0.2, 0) is 16.0 Å². The lowest BCUT2D eigenvalue weighted by atomic mass is 10.2. The van der Waals surface area contributed by atoms with Crippen molar-refractivity contribution in [1.82, 2.24) is 4.98 Å². The Labute approximate surface area is 112 Å². The van der Waals surface area contributed by atoms with Crippen LogP contribution in [0.1, 0.15) is 12.6 Å². The Hall–Kier alpha value is -1.82. The molecule has 3 nitrogen and oxygen atoms in total. The van der Waals surface area contributed by atoms with Gasteiger partial charge in [0, 0.05) is 10.9 Å². The third-order valence-corrected chi connectivity index (χ3v) is 3.29. The lowest BCUT2D eigenvalue weighted by Gasteiger charge is -1.99. The maximum absolute atomic E-state index is 13.1. The fraction of sp³-hybridized carbons (Fsp3) is 0.231. The lowest BCUT2D eigenvalue weighted by molar-refractivity contribution is -0.142. The highest BCUT2D eigenvalue weighted by molar-refractivity contribution is 7.13. The van der Waals surface area contributed by atoms with Gasteiger partial charge in [-0.3, -0.25) is 4.79 Å². The molecular weight excluding hydrogens is 272 g/mol. The minimum absolute atomic E-state index is 0.0774. The van der Waals surface area contributed by atoms with Gasteiger partial charge in [0.25, 0.3) is 0 Å². The van der Waals surface area contributed by atoms with Crippen LogP contribution in [0.3, 0.4) is 0 Å². The van der Waals surface area contributed by atoms with E-state index in [2.05, 4.69) is 4.98 Å². The molecule has 100 valence electrons. The monoisotopic (exact) mass is 283 g/mol. The van der Waals surface area contributed by atoms with Gasteiger partial charge in [0.05, 0.1) is 18.7 Å². The number of carbonyl (C=O) groups is 1. The first-order valence-corrected chi connectivity index (χ1v) is 6.53. The van der Waals surface area contributed by atoms with Crippen LogP contribution in [0.2, 0.25) is 0 Å². The molecule has 2 rings (SSSR count). The Bertz CT molecular complexity index is 598. The molecule has 0 fully saturated rings. The van der Waals surface area contributed by atoms with Crippen molar-refractivity contribution in [3.8, 4) is 10.6 Å². The van der Waals surface area contributed by atoms with Crippen molar-refractivity contribution in [2.75, 3.05) is 6.61 Å². The Balaban J connectivity index is 2.16. The number of carbonyl (C=O) groups excluding carboxylic acids is 1. The van der Waals surface area contributed by atoms with Crippen molar-refractivity contribution < 1.29 is 18.3 Å². The van der Waals surface area contributed by atoms with Crippen molar-refractivity contribution in [3.63, 3.8) is 0 Å². The maximum atomic E-state index is 13.1. The van der Waals surface area contributed by atoms with Crippen molar-refractivity contribution in [3.05, 3.63) is 40.9 Å². The van der Waals surface area contributed by atoms with Gasteiger partial charge in [-0.15, -0.1) is 11.3 Å². The summed E-state index contributed by atoms with van der Waals surface area (Å²) in [7, 11) is 0. The molecule has 0 aliphatic carbocycles. The van der Waals surface area contributed by atoms with Crippen LogP contribution in [0.15, 0.2) is 23.6 Å². The number of thiazole rings is 1. The van der Waals surface area contributed by atoms with Gasteiger partial charge in [-0.05, 0) is 25.1 Å². The summed E-state index contributed by atoms with van der Waals surface area (Å²) in [5, 5.41) is 2.24. The van der Waals surface area contributed by atoms with Gasteiger partial charge >= 0.3 is 5.97 Å². The average molecular weight is 283 g/mol. The second-order valence-corrected chi connectivity index (χ2v) is 4.61. The van der Waals surface area contributed by atoms with E-state index in [-0.39, 0.29) is 12.4 Å². The molecule has 0 aliphatic rings. The summed E-state index contributed by atoms with van der Waals surface area (Å²) in [5.41, 5.74) is 1.04. The molecule has 0 radical (unpaired) electrons. The molecule has 1 heterocycles. The van der Waals surface area contributed by atoms with E-state index in [0.717, 1.165) is 12.1 Å². The summed E-state index contributed by atoms with van der Waals surface area (Å²) in [4.78, 5) is 15.5. The zero-order valence-electron chi connectivity index (χ0n) is 10.2. The summed E-state index contributed by atoms with van der Waals surface area (Å²) in [6.07, 6.45) is 0.0774. The SMILES string of the molecule is CCOC(=O)Cc1csc(-c2ccc(F)c(F)c2)n1. The minimum atomic E-state index is -0.917. The topological polar surface area (TPSA) is 39.2 Å². The Morgan fingerprint density at radius 3 is 2.84 bits per heavy atom. The van der Waals surface area contributed by atoms with E-state index in [4.69, 9.17) is 4.74 Å². The van der Waals surface area contributed by atoms with E-state index in [1.165, 1.54) is 17.4 Å². The van der Waals surface area contributed by atoms with E-state index in [1.54, 1.807) is 12.3 Å². The van der Waals surface area contributed by atoms with E-state index < -0.39 is 11.6 Å². The van der Waals surface area contributed by atoms with E-state index in [1.807, 2.05) is 0 Å². The number of halogens is 2. The fourth-order valence-corrected chi connectivity index (χ4v) is 2.33. The molecule has 0 saturated heterocycles. The zero-order chi connectivity index (χ0) is 13.8. The van der Waals surface area contributed by atoms with Crippen LogP contribution in [0.4, 0.5) is 8.78 Å². The molecule has 0 spiro atoms. The van der Waals surface area contributed by atoms with Gasteiger partial charge in [0.1, 0.15) is 5.01 Å². The number of nitrogens with zero attached hydrogens (tertiary/aromatic N) is 1. The van der Waals surface area contributed by atoms with Gasteiger partial charge in [-0.2, -0.15) is 0 Å². The summed E-state index contributed by atoms with van der Waals surface area (Å²) in [6.45, 7) is 2.05.